The highest BCUT2D eigenvalue weighted by Crippen LogP contribution is 2.29. The zero-order chi connectivity index (χ0) is 23.3. The van der Waals surface area contributed by atoms with Crippen LogP contribution in [0.15, 0.2) is 88.5 Å². The molecule has 0 aliphatic rings. The SMILES string of the molecule is COc1cccc(-c2noc(CSc3nnc(-c4ccccc4F)n3Cc3ccccc3)n2)c1. The number of ether oxygens (including phenoxy) is 1. The van der Waals surface area contributed by atoms with Crippen LogP contribution in [-0.2, 0) is 12.3 Å². The summed E-state index contributed by atoms with van der Waals surface area (Å²) in [4.78, 5) is 4.49. The van der Waals surface area contributed by atoms with Crippen LogP contribution in [0.3, 0.4) is 0 Å². The maximum absolute atomic E-state index is 14.5. The monoisotopic (exact) mass is 473 g/mol. The van der Waals surface area contributed by atoms with E-state index in [-0.39, 0.29) is 5.82 Å². The number of thioether (sulfide) groups is 1. The van der Waals surface area contributed by atoms with Gasteiger partial charge >= 0.3 is 0 Å². The van der Waals surface area contributed by atoms with Crippen molar-refractivity contribution in [2.24, 2.45) is 0 Å². The second-order valence-electron chi connectivity index (χ2n) is 7.39. The van der Waals surface area contributed by atoms with E-state index < -0.39 is 0 Å². The third-order valence-corrected chi connectivity index (χ3v) is 6.09. The average Bonchev–Trinajstić information content (AvgIpc) is 3.51. The lowest BCUT2D eigenvalue weighted by molar-refractivity contribution is 0.391. The molecule has 2 heterocycles. The summed E-state index contributed by atoms with van der Waals surface area (Å²) in [6.07, 6.45) is 0. The van der Waals surface area contributed by atoms with Crippen LogP contribution in [0.4, 0.5) is 4.39 Å². The van der Waals surface area contributed by atoms with Crippen LogP contribution < -0.4 is 4.74 Å². The van der Waals surface area contributed by atoms with Gasteiger partial charge in [0.15, 0.2) is 11.0 Å². The summed E-state index contributed by atoms with van der Waals surface area (Å²) in [5.74, 6) is 2.15. The number of rotatable bonds is 8. The molecule has 0 saturated heterocycles. The predicted octanol–water partition coefficient (Wildman–Crippen LogP) is 5.48. The molecule has 5 aromatic rings. The Balaban J connectivity index is 1.41. The predicted molar refractivity (Wildman–Crippen MR) is 127 cm³/mol. The van der Waals surface area contributed by atoms with Crippen LogP contribution in [0.5, 0.6) is 5.75 Å². The highest BCUT2D eigenvalue weighted by molar-refractivity contribution is 7.98. The Morgan fingerprint density at radius 1 is 0.971 bits per heavy atom. The van der Waals surface area contributed by atoms with Gasteiger partial charge in [-0.15, -0.1) is 10.2 Å². The fourth-order valence-electron chi connectivity index (χ4n) is 3.46. The van der Waals surface area contributed by atoms with E-state index in [9.17, 15) is 4.39 Å². The van der Waals surface area contributed by atoms with Gasteiger partial charge in [0, 0.05) is 5.56 Å². The van der Waals surface area contributed by atoms with Crippen molar-refractivity contribution in [2.75, 3.05) is 7.11 Å². The topological polar surface area (TPSA) is 78.9 Å². The summed E-state index contributed by atoms with van der Waals surface area (Å²) in [7, 11) is 1.61. The van der Waals surface area contributed by atoms with Gasteiger partial charge in [-0.25, -0.2) is 4.39 Å². The first-order valence-corrected chi connectivity index (χ1v) is 11.5. The molecule has 3 aromatic carbocycles. The molecule has 0 aliphatic carbocycles. The zero-order valence-corrected chi connectivity index (χ0v) is 19.1. The van der Waals surface area contributed by atoms with Gasteiger partial charge in [-0.05, 0) is 29.8 Å². The van der Waals surface area contributed by atoms with Crippen molar-refractivity contribution >= 4 is 11.8 Å². The van der Waals surface area contributed by atoms with E-state index in [1.807, 2.05) is 59.2 Å². The van der Waals surface area contributed by atoms with Crippen molar-refractivity contribution in [3.63, 3.8) is 0 Å². The number of benzene rings is 3. The molecule has 5 rings (SSSR count). The van der Waals surface area contributed by atoms with Crippen molar-refractivity contribution in [3.8, 4) is 28.5 Å². The number of hydrogen-bond acceptors (Lipinski definition) is 7. The fraction of sp³-hybridized carbons (Fsp3) is 0.120. The summed E-state index contributed by atoms with van der Waals surface area (Å²) < 4.78 is 27.1. The molecule has 0 spiro atoms. The quantitative estimate of drug-likeness (QED) is 0.276. The molecule has 0 amide bonds. The summed E-state index contributed by atoms with van der Waals surface area (Å²) in [5, 5.41) is 13.3. The van der Waals surface area contributed by atoms with Gasteiger partial charge in [0.2, 0.25) is 11.7 Å². The Morgan fingerprint density at radius 3 is 2.62 bits per heavy atom. The zero-order valence-electron chi connectivity index (χ0n) is 18.3. The van der Waals surface area contributed by atoms with E-state index in [1.54, 1.807) is 25.3 Å². The van der Waals surface area contributed by atoms with E-state index >= 15 is 0 Å². The van der Waals surface area contributed by atoms with E-state index in [2.05, 4.69) is 20.3 Å². The smallest absolute Gasteiger partial charge is 0.237 e. The van der Waals surface area contributed by atoms with Gasteiger partial charge in [0.25, 0.3) is 0 Å². The molecule has 9 heteroatoms. The van der Waals surface area contributed by atoms with E-state index in [1.165, 1.54) is 17.8 Å². The lowest BCUT2D eigenvalue weighted by Gasteiger charge is -2.10. The molecule has 2 aromatic heterocycles. The molecular weight excluding hydrogens is 453 g/mol. The van der Waals surface area contributed by atoms with Crippen LogP contribution in [0, 0.1) is 5.82 Å². The second-order valence-corrected chi connectivity index (χ2v) is 8.33. The van der Waals surface area contributed by atoms with E-state index in [0.29, 0.717) is 46.3 Å². The maximum Gasteiger partial charge on any atom is 0.237 e. The largest absolute Gasteiger partial charge is 0.497 e. The van der Waals surface area contributed by atoms with E-state index in [4.69, 9.17) is 9.26 Å². The first kappa shape index (κ1) is 21.8. The van der Waals surface area contributed by atoms with Gasteiger partial charge in [-0.1, -0.05) is 71.5 Å². The lowest BCUT2D eigenvalue weighted by Crippen LogP contribution is -2.05. The van der Waals surface area contributed by atoms with Gasteiger partial charge < -0.3 is 9.26 Å². The van der Waals surface area contributed by atoms with Gasteiger partial charge in [-0.2, -0.15) is 4.98 Å². The summed E-state index contributed by atoms with van der Waals surface area (Å²) in [5.41, 5.74) is 2.25. The maximum atomic E-state index is 14.5. The normalized spacial score (nSPS) is 11.0. The standard InChI is InChI=1S/C25H20FN5O2S/c1-32-19-11-7-10-18(14-19)23-27-22(33-30-23)16-34-25-29-28-24(20-12-5-6-13-21(20)26)31(25)15-17-8-3-2-4-9-17/h2-14H,15-16H2,1H3. The molecule has 0 radical (unpaired) electrons. The highest BCUT2D eigenvalue weighted by atomic mass is 32.2. The first-order valence-electron chi connectivity index (χ1n) is 10.5. The molecule has 0 aliphatic heterocycles. The summed E-state index contributed by atoms with van der Waals surface area (Å²) in [6.45, 7) is 0.499. The van der Waals surface area contributed by atoms with Gasteiger partial charge in [0.1, 0.15) is 11.6 Å². The van der Waals surface area contributed by atoms with Gasteiger partial charge in [0.05, 0.1) is 25.0 Å². The molecular formula is C25H20FN5O2S. The Bertz CT molecular complexity index is 1400. The molecule has 0 saturated carbocycles. The Morgan fingerprint density at radius 2 is 1.79 bits per heavy atom. The van der Waals surface area contributed by atoms with Crippen molar-refractivity contribution in [2.45, 2.75) is 17.5 Å². The van der Waals surface area contributed by atoms with Crippen molar-refractivity contribution in [1.82, 2.24) is 24.9 Å². The molecule has 0 N–H and O–H groups in total. The second kappa shape index (κ2) is 9.88. The molecule has 34 heavy (non-hydrogen) atoms. The molecule has 0 bridgehead atoms. The van der Waals surface area contributed by atoms with Crippen LogP contribution in [-0.4, -0.2) is 32.0 Å². The first-order chi connectivity index (χ1) is 16.7. The van der Waals surface area contributed by atoms with Gasteiger partial charge in [-0.3, -0.25) is 4.57 Å². The van der Waals surface area contributed by atoms with Crippen LogP contribution in [0.25, 0.3) is 22.8 Å². The molecule has 0 unspecified atom stereocenters. The third-order valence-electron chi connectivity index (χ3n) is 5.14. The average molecular weight is 474 g/mol. The van der Waals surface area contributed by atoms with Crippen LogP contribution in [0.1, 0.15) is 11.5 Å². The lowest BCUT2D eigenvalue weighted by atomic mass is 10.2. The fourth-order valence-corrected chi connectivity index (χ4v) is 4.24. The summed E-state index contributed by atoms with van der Waals surface area (Å²) >= 11 is 1.40. The number of nitrogens with zero attached hydrogens (tertiary/aromatic N) is 5. The Hall–Kier alpha value is -3.98. The number of aromatic nitrogens is 5. The molecule has 7 nitrogen and oxygen atoms in total. The number of methoxy groups -OCH3 is 1. The number of hydrogen-bond donors (Lipinski definition) is 0. The molecule has 170 valence electrons. The molecule has 0 fully saturated rings. The summed E-state index contributed by atoms with van der Waals surface area (Å²) in [6, 6.07) is 23.9. The third kappa shape index (κ3) is 4.69. The van der Waals surface area contributed by atoms with Crippen molar-refractivity contribution in [1.29, 1.82) is 0 Å². The van der Waals surface area contributed by atoms with Crippen LogP contribution in [0.2, 0.25) is 0 Å². The van der Waals surface area contributed by atoms with Crippen LogP contribution >= 0.6 is 11.8 Å². The molecule has 0 atom stereocenters. The van der Waals surface area contributed by atoms with E-state index in [0.717, 1.165) is 11.1 Å². The minimum absolute atomic E-state index is 0.347. The minimum atomic E-state index is -0.347. The van der Waals surface area contributed by atoms with Crippen molar-refractivity contribution in [3.05, 3.63) is 96.1 Å². The highest BCUT2D eigenvalue weighted by Gasteiger charge is 2.19. The van der Waals surface area contributed by atoms with Crippen molar-refractivity contribution < 1.29 is 13.7 Å². The minimum Gasteiger partial charge on any atom is -0.497 e. The number of halogens is 1. The Labute approximate surface area is 199 Å². The Kier molecular flexibility index (Phi) is 6.35.